The molecule has 2 saturated heterocycles. The number of nitrogens with one attached hydrogen (secondary N) is 1. The van der Waals surface area contributed by atoms with E-state index in [9.17, 15) is 14.0 Å². The maximum Gasteiger partial charge on any atom is 0.275 e. The normalized spacial score (nSPS) is 27.0. The molecule has 2 fully saturated rings. The van der Waals surface area contributed by atoms with Crippen molar-refractivity contribution in [1.29, 1.82) is 0 Å². The van der Waals surface area contributed by atoms with E-state index in [4.69, 9.17) is 4.74 Å². The highest BCUT2D eigenvalue weighted by molar-refractivity contribution is 5.93. The van der Waals surface area contributed by atoms with Crippen molar-refractivity contribution in [1.82, 2.24) is 24.8 Å². The summed E-state index contributed by atoms with van der Waals surface area (Å²) in [6.07, 6.45) is 6.07. The molecule has 3 aliphatic rings. The van der Waals surface area contributed by atoms with Crippen molar-refractivity contribution in [3.63, 3.8) is 0 Å². The van der Waals surface area contributed by atoms with E-state index in [-0.39, 0.29) is 29.1 Å². The van der Waals surface area contributed by atoms with Crippen molar-refractivity contribution in [3.05, 3.63) is 48.1 Å². The molecule has 29 heavy (non-hydrogen) atoms. The first kappa shape index (κ1) is 18.2. The number of hydrogen-bond donors (Lipinski definition) is 1. The number of carbonyl (C=O) groups excluding carboxylic acids is 2. The summed E-state index contributed by atoms with van der Waals surface area (Å²) >= 11 is 0. The SMILES string of the molecule is C[C@@H]1CCO[C@@H]1C(=O)NC1CC2(CN(C(=O)c3ncccc3F)C2)n2ccnc21. The number of likely N-dealkylation sites (tertiary alicyclic amines) is 1. The molecule has 3 atom stereocenters. The monoisotopic (exact) mass is 399 g/mol. The van der Waals surface area contributed by atoms with Crippen molar-refractivity contribution in [3.8, 4) is 0 Å². The van der Waals surface area contributed by atoms with Crippen LogP contribution in [0.15, 0.2) is 30.7 Å². The summed E-state index contributed by atoms with van der Waals surface area (Å²) in [6.45, 7) is 3.46. The fraction of sp³-hybridized carbons (Fsp3) is 0.500. The minimum atomic E-state index is -0.621. The zero-order valence-corrected chi connectivity index (χ0v) is 16.0. The number of carbonyl (C=O) groups is 2. The summed E-state index contributed by atoms with van der Waals surface area (Å²) < 4.78 is 21.5. The number of rotatable bonds is 3. The molecule has 1 spiro atoms. The van der Waals surface area contributed by atoms with Crippen LogP contribution < -0.4 is 5.32 Å². The molecule has 1 unspecified atom stereocenters. The fourth-order valence-electron chi connectivity index (χ4n) is 4.73. The zero-order chi connectivity index (χ0) is 20.2. The highest BCUT2D eigenvalue weighted by Crippen LogP contribution is 2.45. The first-order valence-corrected chi connectivity index (χ1v) is 9.84. The van der Waals surface area contributed by atoms with Crippen molar-refractivity contribution >= 4 is 11.8 Å². The molecule has 152 valence electrons. The molecule has 2 aromatic heterocycles. The van der Waals surface area contributed by atoms with Gasteiger partial charge in [-0.25, -0.2) is 14.4 Å². The van der Waals surface area contributed by atoms with E-state index in [1.54, 1.807) is 11.1 Å². The predicted molar refractivity (Wildman–Crippen MR) is 99.3 cm³/mol. The van der Waals surface area contributed by atoms with E-state index in [0.717, 1.165) is 12.2 Å². The number of nitrogens with zero attached hydrogens (tertiary/aromatic N) is 4. The Labute approximate surface area is 167 Å². The Kier molecular flexibility index (Phi) is 4.16. The highest BCUT2D eigenvalue weighted by Gasteiger charge is 2.54. The average Bonchev–Trinajstić information content (AvgIpc) is 3.37. The number of pyridine rings is 1. The fourth-order valence-corrected chi connectivity index (χ4v) is 4.73. The summed E-state index contributed by atoms with van der Waals surface area (Å²) in [4.78, 5) is 35.2. The van der Waals surface area contributed by atoms with Gasteiger partial charge in [0.1, 0.15) is 11.9 Å². The first-order chi connectivity index (χ1) is 14.0. The molecule has 5 rings (SSSR count). The van der Waals surface area contributed by atoms with Gasteiger partial charge in [-0.15, -0.1) is 0 Å². The molecule has 0 bridgehead atoms. The van der Waals surface area contributed by atoms with Crippen LogP contribution in [0.2, 0.25) is 0 Å². The van der Waals surface area contributed by atoms with Crippen LogP contribution in [0.3, 0.4) is 0 Å². The molecule has 1 N–H and O–H groups in total. The van der Waals surface area contributed by atoms with Crippen molar-refractivity contribution in [2.24, 2.45) is 5.92 Å². The van der Waals surface area contributed by atoms with Gasteiger partial charge < -0.3 is 19.5 Å². The third-order valence-corrected chi connectivity index (χ3v) is 6.26. The zero-order valence-electron chi connectivity index (χ0n) is 16.0. The minimum Gasteiger partial charge on any atom is -0.368 e. The quantitative estimate of drug-likeness (QED) is 0.839. The van der Waals surface area contributed by atoms with Crippen molar-refractivity contribution in [2.75, 3.05) is 19.7 Å². The molecule has 2 aromatic rings. The van der Waals surface area contributed by atoms with E-state index < -0.39 is 17.8 Å². The lowest BCUT2D eigenvalue weighted by Gasteiger charge is -2.48. The molecular weight excluding hydrogens is 377 g/mol. The number of imidazole rings is 1. The van der Waals surface area contributed by atoms with E-state index in [0.29, 0.717) is 26.1 Å². The van der Waals surface area contributed by atoms with Crippen LogP contribution in [0.25, 0.3) is 0 Å². The molecule has 0 aromatic carbocycles. The van der Waals surface area contributed by atoms with Crippen LogP contribution in [-0.2, 0) is 15.1 Å². The van der Waals surface area contributed by atoms with Crippen LogP contribution >= 0.6 is 0 Å². The number of ether oxygens (including phenoxy) is 1. The summed E-state index contributed by atoms with van der Waals surface area (Å²) in [5.41, 5.74) is -0.504. The van der Waals surface area contributed by atoms with Gasteiger partial charge in [0.05, 0.1) is 11.6 Å². The number of fused-ring (bicyclic) bond motifs is 2. The molecule has 0 radical (unpaired) electrons. The summed E-state index contributed by atoms with van der Waals surface area (Å²) in [5, 5.41) is 3.08. The lowest BCUT2D eigenvalue weighted by atomic mass is 9.85. The lowest BCUT2D eigenvalue weighted by molar-refractivity contribution is -0.132. The molecule has 0 aliphatic carbocycles. The van der Waals surface area contributed by atoms with Gasteiger partial charge in [-0.1, -0.05) is 6.92 Å². The topological polar surface area (TPSA) is 89.4 Å². The number of hydrogen-bond acceptors (Lipinski definition) is 5. The van der Waals surface area contributed by atoms with Gasteiger partial charge in [0.25, 0.3) is 5.91 Å². The molecule has 2 amide bonds. The van der Waals surface area contributed by atoms with Gasteiger partial charge in [0.2, 0.25) is 5.91 Å². The Hall–Kier alpha value is -2.81. The van der Waals surface area contributed by atoms with Crippen LogP contribution in [0, 0.1) is 11.7 Å². The van der Waals surface area contributed by atoms with Crippen LogP contribution in [0.5, 0.6) is 0 Å². The van der Waals surface area contributed by atoms with E-state index >= 15 is 0 Å². The van der Waals surface area contributed by atoms with Crippen molar-refractivity contribution in [2.45, 2.75) is 37.5 Å². The second kappa shape index (κ2) is 6.62. The van der Waals surface area contributed by atoms with E-state index in [2.05, 4.69) is 15.3 Å². The van der Waals surface area contributed by atoms with Crippen LogP contribution in [0.1, 0.15) is 42.1 Å². The van der Waals surface area contributed by atoms with Gasteiger partial charge in [0.15, 0.2) is 11.5 Å². The molecule has 3 aliphatic heterocycles. The Balaban J connectivity index is 1.30. The smallest absolute Gasteiger partial charge is 0.275 e. The third kappa shape index (κ3) is 2.83. The summed E-state index contributed by atoms with van der Waals surface area (Å²) in [6, 6.07) is 2.45. The number of aromatic nitrogens is 3. The Bertz CT molecular complexity index is 971. The minimum absolute atomic E-state index is 0.116. The second-order valence-electron chi connectivity index (χ2n) is 8.20. The Morgan fingerprint density at radius 1 is 1.31 bits per heavy atom. The van der Waals surface area contributed by atoms with Crippen molar-refractivity contribution < 1.29 is 18.7 Å². The molecule has 5 heterocycles. The van der Waals surface area contributed by atoms with Gasteiger partial charge in [-0.2, -0.15) is 0 Å². The Morgan fingerprint density at radius 3 is 2.86 bits per heavy atom. The molecule has 8 nitrogen and oxygen atoms in total. The van der Waals surface area contributed by atoms with E-state index in [1.165, 1.54) is 18.3 Å². The average molecular weight is 399 g/mol. The van der Waals surface area contributed by atoms with Gasteiger partial charge in [-0.05, 0) is 24.5 Å². The van der Waals surface area contributed by atoms with E-state index in [1.807, 2.05) is 17.7 Å². The molecule has 0 saturated carbocycles. The number of amides is 2. The molecule has 9 heteroatoms. The summed E-state index contributed by atoms with van der Waals surface area (Å²) in [7, 11) is 0. The van der Waals surface area contributed by atoms with Gasteiger partial charge >= 0.3 is 0 Å². The van der Waals surface area contributed by atoms with Crippen LogP contribution in [-0.4, -0.2) is 57.0 Å². The van der Waals surface area contributed by atoms with Gasteiger partial charge in [-0.3, -0.25) is 9.59 Å². The molecular formula is C20H22FN5O3. The maximum atomic E-state index is 13.9. The van der Waals surface area contributed by atoms with Crippen LogP contribution in [0.4, 0.5) is 4.39 Å². The van der Waals surface area contributed by atoms with Gasteiger partial charge in [0, 0.05) is 44.7 Å². The number of halogens is 1. The summed E-state index contributed by atoms with van der Waals surface area (Å²) in [5.74, 6) is -0.190. The first-order valence-electron chi connectivity index (χ1n) is 9.84. The lowest BCUT2D eigenvalue weighted by Crippen LogP contribution is -2.63. The predicted octanol–water partition coefficient (Wildman–Crippen LogP) is 1.25. The second-order valence-corrected chi connectivity index (χ2v) is 8.20. The third-order valence-electron chi connectivity index (χ3n) is 6.26. The largest absolute Gasteiger partial charge is 0.368 e. The highest BCUT2D eigenvalue weighted by atomic mass is 19.1. The maximum absolute atomic E-state index is 13.9. The Morgan fingerprint density at radius 2 is 2.14 bits per heavy atom. The standard InChI is InChI=1S/C20H22FN5O3/c1-12-4-8-29-16(12)18(27)24-14-9-20(26-7-6-23-17(14)26)10-25(11-20)19(28)15-13(21)3-2-5-22-15/h2-3,5-7,12,14,16H,4,8-11H2,1H3,(H,24,27)/t12-,14?,16+/m1/s1.